The molecule has 134 valence electrons. The highest BCUT2D eigenvalue weighted by atomic mass is 32.2. The van der Waals surface area contributed by atoms with E-state index >= 15 is 0 Å². The lowest BCUT2D eigenvalue weighted by atomic mass is 9.99. The van der Waals surface area contributed by atoms with Crippen molar-refractivity contribution in [1.29, 1.82) is 0 Å². The monoisotopic (exact) mass is 361 g/mol. The largest absolute Gasteiger partial charge is 0.484 e. The maximum atomic E-state index is 12.2. The molecule has 3 rings (SSSR count). The zero-order valence-corrected chi connectivity index (χ0v) is 15.4. The highest BCUT2D eigenvalue weighted by Crippen LogP contribution is 2.21. The molecule has 1 fully saturated rings. The first-order chi connectivity index (χ1) is 12.1. The average molecular weight is 361 g/mol. The number of rotatable bonds is 6. The van der Waals surface area contributed by atoms with Crippen LogP contribution in [0.3, 0.4) is 0 Å². The van der Waals surface area contributed by atoms with Crippen LogP contribution >= 0.6 is 11.8 Å². The average Bonchev–Trinajstić information content (AvgIpc) is 3.08. The normalized spacial score (nSPS) is 15.4. The maximum absolute atomic E-state index is 12.2. The third-order valence-corrected chi connectivity index (χ3v) is 5.09. The first kappa shape index (κ1) is 17.8. The Bertz CT molecular complexity index is 694. The Kier molecular flexibility index (Phi) is 5.96. The lowest BCUT2D eigenvalue weighted by molar-refractivity contribution is -0.129. The van der Waals surface area contributed by atoms with Gasteiger partial charge in [-0.2, -0.15) is 0 Å². The van der Waals surface area contributed by atoms with Crippen LogP contribution < -0.4 is 4.74 Å². The molecule has 0 bridgehead atoms. The van der Waals surface area contributed by atoms with Crippen molar-refractivity contribution in [2.75, 3.05) is 18.8 Å². The van der Waals surface area contributed by atoms with Crippen molar-refractivity contribution in [3.63, 3.8) is 0 Å². The van der Waals surface area contributed by atoms with Gasteiger partial charge in [0.05, 0.1) is 5.75 Å². The summed E-state index contributed by atoms with van der Waals surface area (Å²) in [6.07, 6.45) is 2.16. The molecule has 1 aromatic heterocycles. The van der Waals surface area contributed by atoms with E-state index in [0.717, 1.165) is 31.7 Å². The van der Waals surface area contributed by atoms with Crippen molar-refractivity contribution in [2.24, 2.45) is 5.92 Å². The molecular weight excluding hydrogens is 338 g/mol. The van der Waals surface area contributed by atoms with Crippen LogP contribution in [0.4, 0.5) is 0 Å². The summed E-state index contributed by atoms with van der Waals surface area (Å²) in [5, 5.41) is 8.33. The van der Waals surface area contributed by atoms with Crippen molar-refractivity contribution >= 4 is 17.7 Å². The summed E-state index contributed by atoms with van der Waals surface area (Å²) in [4.78, 5) is 14.1. The van der Waals surface area contributed by atoms with Gasteiger partial charge in [0.1, 0.15) is 5.75 Å². The minimum atomic E-state index is 0.132. The van der Waals surface area contributed by atoms with Crippen molar-refractivity contribution in [3.05, 3.63) is 35.7 Å². The van der Waals surface area contributed by atoms with Crippen LogP contribution in [0, 0.1) is 12.8 Å². The maximum Gasteiger partial charge on any atom is 0.277 e. The van der Waals surface area contributed by atoms with E-state index < -0.39 is 0 Å². The van der Waals surface area contributed by atoms with Gasteiger partial charge in [-0.1, -0.05) is 36.4 Å². The molecule has 0 spiro atoms. The molecule has 1 amide bonds. The lowest BCUT2D eigenvalue weighted by Gasteiger charge is -2.30. The summed E-state index contributed by atoms with van der Waals surface area (Å²) in [5.41, 5.74) is 1.18. The molecule has 1 aromatic carbocycles. The quantitative estimate of drug-likeness (QED) is 0.735. The van der Waals surface area contributed by atoms with E-state index in [0.29, 0.717) is 22.8 Å². The molecule has 25 heavy (non-hydrogen) atoms. The summed E-state index contributed by atoms with van der Waals surface area (Å²) in [6.45, 7) is 6.17. The molecule has 1 saturated heterocycles. The topological polar surface area (TPSA) is 68.5 Å². The SMILES string of the molecule is Cc1ccc(OCc2nnc(SCC(=O)N3CCC(C)CC3)o2)cc1. The van der Waals surface area contributed by atoms with E-state index in [1.807, 2.05) is 36.1 Å². The molecular formula is C18H23N3O3S. The highest BCUT2D eigenvalue weighted by molar-refractivity contribution is 7.99. The number of hydrogen-bond donors (Lipinski definition) is 0. The number of thioether (sulfide) groups is 1. The number of aryl methyl sites for hydroxylation is 1. The molecule has 1 aliphatic heterocycles. The molecule has 0 saturated carbocycles. The van der Waals surface area contributed by atoms with E-state index in [1.54, 1.807) is 0 Å². The molecule has 2 aromatic rings. The Hall–Kier alpha value is -2.02. The first-order valence-electron chi connectivity index (χ1n) is 8.52. The minimum absolute atomic E-state index is 0.132. The fraction of sp³-hybridized carbons (Fsp3) is 0.500. The van der Waals surface area contributed by atoms with Crippen molar-refractivity contribution in [3.8, 4) is 5.75 Å². The second kappa shape index (κ2) is 8.38. The Morgan fingerprint density at radius 2 is 2.00 bits per heavy atom. The van der Waals surface area contributed by atoms with Gasteiger partial charge in [0.2, 0.25) is 5.91 Å². The molecule has 0 unspecified atom stereocenters. The number of ether oxygens (including phenoxy) is 1. The molecule has 2 heterocycles. The number of aromatic nitrogens is 2. The van der Waals surface area contributed by atoms with E-state index in [1.165, 1.54) is 17.3 Å². The summed E-state index contributed by atoms with van der Waals surface area (Å²) >= 11 is 1.28. The van der Waals surface area contributed by atoms with Gasteiger partial charge in [0.25, 0.3) is 11.1 Å². The van der Waals surface area contributed by atoms with E-state index in [9.17, 15) is 4.79 Å². The van der Waals surface area contributed by atoms with Crippen LogP contribution in [0.5, 0.6) is 5.75 Å². The van der Waals surface area contributed by atoms with Gasteiger partial charge in [-0.05, 0) is 37.8 Å². The standard InChI is InChI=1S/C18H23N3O3S/c1-13-3-5-15(6-4-13)23-11-16-19-20-18(24-16)25-12-17(22)21-9-7-14(2)8-10-21/h3-6,14H,7-12H2,1-2H3. The van der Waals surface area contributed by atoms with E-state index in [4.69, 9.17) is 9.15 Å². The fourth-order valence-corrected chi connectivity index (χ4v) is 3.29. The summed E-state index contributed by atoms with van der Waals surface area (Å²) < 4.78 is 11.1. The Morgan fingerprint density at radius 3 is 2.72 bits per heavy atom. The second-order valence-corrected chi connectivity index (χ2v) is 7.34. The van der Waals surface area contributed by atoms with Gasteiger partial charge in [-0.25, -0.2) is 0 Å². The number of hydrogen-bond acceptors (Lipinski definition) is 6. The number of piperidine rings is 1. The molecule has 6 nitrogen and oxygen atoms in total. The van der Waals surface area contributed by atoms with Crippen LogP contribution in [-0.2, 0) is 11.4 Å². The van der Waals surface area contributed by atoms with Crippen LogP contribution in [0.1, 0.15) is 31.2 Å². The summed E-state index contributed by atoms with van der Waals surface area (Å²) in [7, 11) is 0. The number of nitrogens with zero attached hydrogens (tertiary/aromatic N) is 3. The predicted molar refractivity (Wildman–Crippen MR) is 95.5 cm³/mol. The molecule has 0 N–H and O–H groups in total. The van der Waals surface area contributed by atoms with Gasteiger partial charge < -0.3 is 14.1 Å². The van der Waals surface area contributed by atoms with Gasteiger partial charge >= 0.3 is 0 Å². The predicted octanol–water partition coefficient (Wildman–Crippen LogP) is 3.31. The Labute approximate surface area is 151 Å². The number of amides is 1. The molecule has 0 aliphatic carbocycles. The van der Waals surface area contributed by atoms with Crippen LogP contribution in [0.25, 0.3) is 0 Å². The molecule has 0 atom stereocenters. The Balaban J connectivity index is 1.43. The summed E-state index contributed by atoms with van der Waals surface area (Å²) in [5.74, 6) is 2.33. The number of carbonyl (C=O) groups is 1. The number of carbonyl (C=O) groups excluding carboxylic acids is 1. The third kappa shape index (κ3) is 5.22. The van der Waals surface area contributed by atoms with Crippen LogP contribution in [0.15, 0.2) is 33.9 Å². The highest BCUT2D eigenvalue weighted by Gasteiger charge is 2.21. The fourth-order valence-electron chi connectivity index (χ4n) is 2.61. The zero-order chi connectivity index (χ0) is 17.6. The number of benzene rings is 1. The first-order valence-corrected chi connectivity index (χ1v) is 9.51. The van der Waals surface area contributed by atoms with Gasteiger partial charge in [-0.3, -0.25) is 4.79 Å². The van der Waals surface area contributed by atoms with Crippen LogP contribution in [-0.4, -0.2) is 39.8 Å². The van der Waals surface area contributed by atoms with E-state index in [-0.39, 0.29) is 12.5 Å². The molecule has 0 radical (unpaired) electrons. The summed E-state index contributed by atoms with van der Waals surface area (Å²) in [6, 6.07) is 7.77. The zero-order valence-electron chi connectivity index (χ0n) is 14.6. The van der Waals surface area contributed by atoms with Crippen LogP contribution in [0.2, 0.25) is 0 Å². The number of likely N-dealkylation sites (tertiary alicyclic amines) is 1. The van der Waals surface area contributed by atoms with Crippen molar-refractivity contribution in [1.82, 2.24) is 15.1 Å². The van der Waals surface area contributed by atoms with Crippen molar-refractivity contribution in [2.45, 2.75) is 38.5 Å². The van der Waals surface area contributed by atoms with Gasteiger partial charge in [-0.15, -0.1) is 10.2 Å². The van der Waals surface area contributed by atoms with E-state index in [2.05, 4.69) is 17.1 Å². The van der Waals surface area contributed by atoms with Crippen molar-refractivity contribution < 1.29 is 13.9 Å². The Morgan fingerprint density at radius 1 is 1.28 bits per heavy atom. The smallest absolute Gasteiger partial charge is 0.277 e. The van der Waals surface area contributed by atoms with Gasteiger partial charge in [0.15, 0.2) is 6.61 Å². The van der Waals surface area contributed by atoms with Gasteiger partial charge in [0, 0.05) is 13.1 Å². The lowest BCUT2D eigenvalue weighted by Crippen LogP contribution is -2.38. The molecule has 1 aliphatic rings. The molecule has 7 heteroatoms. The minimum Gasteiger partial charge on any atom is -0.484 e. The second-order valence-electron chi connectivity index (χ2n) is 6.42. The third-order valence-electron chi connectivity index (χ3n) is 4.29.